The third kappa shape index (κ3) is 8.80. The first-order valence-corrected chi connectivity index (χ1v) is 17.1. The fourth-order valence-corrected chi connectivity index (χ4v) is 6.33. The molecule has 0 radical (unpaired) electrons. The highest BCUT2D eigenvalue weighted by atomic mass is 16.5. The summed E-state index contributed by atoms with van der Waals surface area (Å²) in [5.74, 6) is 0.755. The van der Waals surface area contributed by atoms with E-state index in [0.717, 1.165) is 56.4 Å². The summed E-state index contributed by atoms with van der Waals surface area (Å²) in [5.41, 5.74) is 8.35. The van der Waals surface area contributed by atoms with Crippen molar-refractivity contribution < 1.29 is 35.1 Å². The van der Waals surface area contributed by atoms with Crippen LogP contribution in [-0.2, 0) is 23.3 Å². The number of aromatic nitrogens is 1. The first-order valence-electron chi connectivity index (χ1n) is 17.1. The summed E-state index contributed by atoms with van der Waals surface area (Å²) >= 11 is 0. The summed E-state index contributed by atoms with van der Waals surface area (Å²) in [5, 5.41) is 52.3. The Morgan fingerprint density at radius 2 is 1.67 bits per heavy atom. The molecule has 1 aromatic heterocycles. The van der Waals surface area contributed by atoms with Gasteiger partial charge in [-0.05, 0) is 104 Å². The number of hydrogen-bond acceptors (Lipinski definition) is 9. The van der Waals surface area contributed by atoms with Gasteiger partial charge < -0.3 is 40.5 Å². The van der Waals surface area contributed by atoms with E-state index in [-0.39, 0.29) is 24.4 Å². The molecule has 1 amide bonds. The third-order valence-electron chi connectivity index (χ3n) is 9.79. The number of amides is 1. The van der Waals surface area contributed by atoms with Gasteiger partial charge in [0.25, 0.3) is 0 Å². The second-order valence-electron chi connectivity index (χ2n) is 13.7. The number of carbonyl (C=O) groups is 1. The Kier molecular flexibility index (Phi) is 11.9. The molecule has 10 nitrogen and oxygen atoms in total. The number of rotatable bonds is 18. The number of ether oxygens (including phenoxy) is 1. The number of unbranched alkanes of at least 4 members (excludes halogenated alkanes) is 1. The third-order valence-corrected chi connectivity index (χ3v) is 9.79. The van der Waals surface area contributed by atoms with Gasteiger partial charge in [0, 0.05) is 50.1 Å². The van der Waals surface area contributed by atoms with Gasteiger partial charge in [0.05, 0.1) is 12.7 Å². The van der Waals surface area contributed by atoms with Crippen LogP contribution in [0.3, 0.4) is 0 Å². The minimum absolute atomic E-state index is 0.121. The molecule has 260 valence electrons. The fourth-order valence-electron chi connectivity index (χ4n) is 6.33. The smallest absolute Gasteiger partial charge is 0.222 e. The average Bonchev–Trinajstić information content (AvgIpc) is 4.04. The minimum Gasteiger partial charge on any atom is -0.490 e. The standard InChI is InChI=1S/C38H51N3O7/c1-24-19-27(25(2)18-26(24)8-4-7-11-35(45)41(3)22-32(43)36(46)37(47)33(44)23-42)20-40-38(15-16-38)31-21-39-17-14-29(31)30-9-5-6-10-34(30)48-28-12-13-28/h5-6,9-10,14,17-19,21,28,32-33,36-37,40,42-44,46-47H,4,7-8,11-13,15-16,20,22-23H2,1-3H3/t32-,33+,36+,37+/m0/s1. The molecule has 5 rings (SSSR count). The van der Waals surface area contributed by atoms with Gasteiger partial charge in [0.1, 0.15) is 30.2 Å². The monoisotopic (exact) mass is 661 g/mol. The lowest BCUT2D eigenvalue weighted by atomic mass is 9.93. The van der Waals surface area contributed by atoms with Gasteiger partial charge in [0.15, 0.2) is 0 Å². The van der Waals surface area contributed by atoms with Gasteiger partial charge in [0.2, 0.25) is 5.91 Å². The molecular weight excluding hydrogens is 610 g/mol. The molecule has 2 aromatic carbocycles. The predicted octanol–water partition coefficient (Wildman–Crippen LogP) is 3.29. The number of nitrogens with zero attached hydrogens (tertiary/aromatic N) is 2. The summed E-state index contributed by atoms with van der Waals surface area (Å²) in [7, 11) is 1.52. The van der Waals surface area contributed by atoms with Crippen LogP contribution in [0.2, 0.25) is 0 Å². The van der Waals surface area contributed by atoms with E-state index < -0.39 is 31.0 Å². The van der Waals surface area contributed by atoms with Gasteiger partial charge in [-0.2, -0.15) is 0 Å². The summed E-state index contributed by atoms with van der Waals surface area (Å²) in [6.07, 6.45) is 4.70. The van der Waals surface area contributed by atoms with Crippen molar-refractivity contribution in [2.24, 2.45) is 0 Å². The van der Waals surface area contributed by atoms with Crippen molar-refractivity contribution in [3.05, 3.63) is 82.7 Å². The molecule has 4 atom stereocenters. The maximum absolute atomic E-state index is 12.6. The maximum Gasteiger partial charge on any atom is 0.222 e. The van der Waals surface area contributed by atoms with E-state index in [2.05, 4.69) is 60.5 Å². The number of benzene rings is 2. The first kappa shape index (κ1) is 35.9. The van der Waals surface area contributed by atoms with Crippen molar-refractivity contribution in [3.8, 4) is 16.9 Å². The van der Waals surface area contributed by atoms with E-state index >= 15 is 0 Å². The summed E-state index contributed by atoms with van der Waals surface area (Å²) in [6.45, 7) is 4.08. The molecule has 6 N–H and O–H groups in total. The molecule has 0 unspecified atom stereocenters. The SMILES string of the molecule is Cc1cc(CNC2(c3cnccc3-c3ccccc3OC3CC3)CC2)c(C)cc1CCCCC(=O)N(C)C[C@H](O)[C@@H](O)[C@H](O)[C@H](O)CO. The number of para-hydroxylation sites is 1. The lowest BCUT2D eigenvalue weighted by Gasteiger charge is -2.28. The molecular formula is C38H51N3O7. The number of carbonyl (C=O) groups excluding carboxylic acids is 1. The Hall–Kier alpha value is -3.38. The largest absolute Gasteiger partial charge is 0.490 e. The molecule has 2 aliphatic carbocycles. The van der Waals surface area contributed by atoms with Crippen molar-refractivity contribution in [1.82, 2.24) is 15.2 Å². The Balaban J connectivity index is 1.13. The first-order chi connectivity index (χ1) is 23.0. The molecule has 0 saturated heterocycles. The number of aliphatic hydroxyl groups is 5. The van der Waals surface area contributed by atoms with Gasteiger partial charge in [-0.25, -0.2) is 0 Å². The van der Waals surface area contributed by atoms with Crippen LogP contribution >= 0.6 is 0 Å². The molecule has 1 heterocycles. The zero-order valence-electron chi connectivity index (χ0n) is 28.3. The Labute approximate surface area is 283 Å². The zero-order chi connectivity index (χ0) is 34.4. The van der Waals surface area contributed by atoms with Gasteiger partial charge in [-0.15, -0.1) is 0 Å². The molecule has 2 aliphatic rings. The van der Waals surface area contributed by atoms with Crippen molar-refractivity contribution in [3.63, 3.8) is 0 Å². The topological polar surface area (TPSA) is 156 Å². The number of pyridine rings is 1. The van der Waals surface area contributed by atoms with E-state index in [0.29, 0.717) is 12.5 Å². The van der Waals surface area contributed by atoms with Gasteiger partial charge in [-0.3, -0.25) is 9.78 Å². The molecule has 0 bridgehead atoms. The Morgan fingerprint density at radius 1 is 0.979 bits per heavy atom. The fraction of sp³-hybridized carbons (Fsp3) is 0.526. The molecule has 10 heteroatoms. The number of likely N-dealkylation sites (N-methyl/N-ethyl adjacent to an activating group) is 1. The summed E-state index contributed by atoms with van der Waals surface area (Å²) < 4.78 is 6.27. The number of aliphatic hydroxyl groups excluding tert-OH is 5. The quantitative estimate of drug-likeness (QED) is 0.113. The molecule has 0 spiro atoms. The van der Waals surface area contributed by atoms with Crippen molar-refractivity contribution in [2.75, 3.05) is 20.2 Å². The maximum atomic E-state index is 12.6. The predicted molar refractivity (Wildman–Crippen MR) is 183 cm³/mol. The van der Waals surface area contributed by atoms with E-state index in [1.54, 1.807) is 0 Å². The Bertz CT molecular complexity index is 1540. The van der Waals surface area contributed by atoms with Crippen LogP contribution in [0, 0.1) is 13.8 Å². The van der Waals surface area contributed by atoms with Crippen LogP contribution in [0.5, 0.6) is 5.75 Å². The highest BCUT2D eigenvalue weighted by Crippen LogP contribution is 2.50. The van der Waals surface area contributed by atoms with Crippen LogP contribution < -0.4 is 10.1 Å². The lowest BCUT2D eigenvalue weighted by Crippen LogP contribution is -2.49. The average molecular weight is 662 g/mol. The van der Waals surface area contributed by atoms with Crippen LogP contribution in [0.4, 0.5) is 0 Å². The van der Waals surface area contributed by atoms with Crippen molar-refractivity contribution >= 4 is 5.91 Å². The van der Waals surface area contributed by atoms with Crippen LogP contribution in [0.15, 0.2) is 54.9 Å². The van der Waals surface area contributed by atoms with Crippen molar-refractivity contribution in [1.29, 1.82) is 0 Å². The second-order valence-corrected chi connectivity index (χ2v) is 13.7. The molecule has 2 fully saturated rings. The van der Waals surface area contributed by atoms with E-state index in [1.807, 2.05) is 18.5 Å². The van der Waals surface area contributed by atoms with E-state index in [9.17, 15) is 25.2 Å². The Morgan fingerprint density at radius 3 is 2.38 bits per heavy atom. The van der Waals surface area contributed by atoms with E-state index in [1.165, 1.54) is 45.3 Å². The minimum atomic E-state index is -1.72. The second kappa shape index (κ2) is 15.9. The van der Waals surface area contributed by atoms with Crippen LogP contribution in [0.25, 0.3) is 11.1 Å². The van der Waals surface area contributed by atoms with Gasteiger partial charge in [-0.1, -0.05) is 30.3 Å². The molecule has 0 aliphatic heterocycles. The van der Waals surface area contributed by atoms with Crippen molar-refractivity contribution in [2.45, 2.75) is 108 Å². The molecule has 48 heavy (non-hydrogen) atoms. The zero-order valence-corrected chi connectivity index (χ0v) is 28.3. The summed E-state index contributed by atoms with van der Waals surface area (Å²) in [6, 6.07) is 14.9. The number of aryl methyl sites for hydroxylation is 3. The number of nitrogens with one attached hydrogen (secondary N) is 1. The highest BCUT2D eigenvalue weighted by molar-refractivity contribution is 5.76. The van der Waals surface area contributed by atoms with Gasteiger partial charge >= 0.3 is 0 Å². The normalized spacial score (nSPS) is 17.8. The van der Waals surface area contributed by atoms with Crippen LogP contribution in [0.1, 0.15) is 72.8 Å². The molecule has 3 aromatic rings. The molecule has 2 saturated carbocycles. The van der Waals surface area contributed by atoms with Crippen LogP contribution in [-0.4, -0.2) is 92.0 Å². The highest BCUT2D eigenvalue weighted by Gasteiger charge is 2.46. The number of hydrogen-bond donors (Lipinski definition) is 6. The lowest BCUT2D eigenvalue weighted by molar-refractivity contribution is -0.138. The van der Waals surface area contributed by atoms with E-state index in [4.69, 9.17) is 9.84 Å². The summed E-state index contributed by atoms with van der Waals surface area (Å²) in [4.78, 5) is 18.5.